The number of thioether (sulfide) groups is 2. The number of halogens is 1. The average molecular weight is 444 g/mol. The Balaban J connectivity index is 1.30. The Morgan fingerprint density at radius 1 is 1.48 bits per heavy atom. The topological polar surface area (TPSA) is 90.9 Å². The molecule has 2 heterocycles. The molecule has 2 aliphatic heterocycles. The van der Waals surface area contributed by atoms with Crippen LogP contribution in [0.15, 0.2) is 35.2 Å². The van der Waals surface area contributed by atoms with Gasteiger partial charge in [-0.05, 0) is 29.9 Å². The summed E-state index contributed by atoms with van der Waals surface area (Å²) in [5.74, 6) is -0.504. The van der Waals surface area contributed by atoms with E-state index >= 15 is 0 Å². The fourth-order valence-electron chi connectivity index (χ4n) is 3.31. The number of aliphatic carboxylic acids is 1. The normalized spacial score (nSPS) is 27.1. The average Bonchev–Trinajstić information content (AvgIpc) is 3.13. The van der Waals surface area contributed by atoms with Crippen molar-refractivity contribution in [3.8, 4) is 0 Å². The lowest BCUT2D eigenvalue weighted by molar-refractivity contribution is -0.136. The van der Waals surface area contributed by atoms with Crippen molar-refractivity contribution < 1.29 is 23.8 Å². The van der Waals surface area contributed by atoms with Gasteiger partial charge in [0, 0.05) is 31.9 Å². The van der Waals surface area contributed by atoms with Crippen LogP contribution >= 0.6 is 23.5 Å². The van der Waals surface area contributed by atoms with E-state index in [1.165, 1.54) is 29.6 Å². The first-order chi connectivity index (χ1) is 14.0. The quantitative estimate of drug-likeness (QED) is 0.498. The van der Waals surface area contributed by atoms with E-state index in [2.05, 4.69) is 15.5 Å². The van der Waals surface area contributed by atoms with Gasteiger partial charge < -0.3 is 20.5 Å². The molecular formula is C19H26FN3O4S2. The molecule has 1 saturated heterocycles. The van der Waals surface area contributed by atoms with E-state index in [-0.39, 0.29) is 29.0 Å². The van der Waals surface area contributed by atoms with Gasteiger partial charge in [0.15, 0.2) is 0 Å². The molecule has 1 amide bonds. The van der Waals surface area contributed by atoms with Crippen LogP contribution in [0.25, 0.3) is 0 Å². The third-order valence-electron chi connectivity index (χ3n) is 4.73. The number of morpholine rings is 1. The Bertz CT molecular complexity index is 701. The Labute approximate surface area is 178 Å². The van der Waals surface area contributed by atoms with Crippen molar-refractivity contribution in [2.45, 2.75) is 23.7 Å². The molecule has 3 atom stereocenters. The summed E-state index contributed by atoms with van der Waals surface area (Å²) >= 11 is 2.91. The van der Waals surface area contributed by atoms with Gasteiger partial charge in [-0.3, -0.25) is 14.5 Å². The number of nitrogens with one attached hydrogen (secondary N) is 2. The van der Waals surface area contributed by atoms with Crippen molar-refractivity contribution in [1.29, 1.82) is 0 Å². The van der Waals surface area contributed by atoms with Gasteiger partial charge >= 0.3 is 5.97 Å². The number of carbonyl (C=O) groups is 2. The number of ether oxygens (including phenoxy) is 1. The van der Waals surface area contributed by atoms with Crippen LogP contribution in [0.4, 0.5) is 4.39 Å². The molecule has 0 bridgehead atoms. The number of hydrogen-bond acceptors (Lipinski definition) is 7. The molecule has 3 N–H and O–H groups in total. The molecule has 0 radical (unpaired) electrons. The van der Waals surface area contributed by atoms with Gasteiger partial charge in [-0.2, -0.15) is 0 Å². The Morgan fingerprint density at radius 2 is 2.34 bits per heavy atom. The smallest absolute Gasteiger partial charge is 0.309 e. The van der Waals surface area contributed by atoms with Crippen molar-refractivity contribution in [2.75, 3.05) is 38.5 Å². The molecule has 0 aromatic rings. The number of carboxylic acids is 1. The third-order valence-corrected chi connectivity index (χ3v) is 7.11. The van der Waals surface area contributed by atoms with E-state index in [4.69, 9.17) is 9.84 Å². The van der Waals surface area contributed by atoms with Crippen molar-refractivity contribution >= 4 is 35.4 Å². The molecule has 0 spiro atoms. The molecule has 160 valence electrons. The minimum absolute atomic E-state index is 0.0341. The monoisotopic (exact) mass is 443 g/mol. The number of carboxylic acid groups (broad SMARTS) is 1. The molecule has 29 heavy (non-hydrogen) atoms. The van der Waals surface area contributed by atoms with Crippen LogP contribution in [0.3, 0.4) is 0 Å². The highest BCUT2D eigenvalue weighted by Gasteiger charge is 2.24. The number of allylic oxidation sites excluding steroid dienone is 3. The number of carbonyl (C=O) groups excluding carboxylic acids is 1. The molecule has 1 fully saturated rings. The highest BCUT2D eigenvalue weighted by Crippen LogP contribution is 2.30. The summed E-state index contributed by atoms with van der Waals surface area (Å²) < 4.78 is 18.8. The molecule has 10 heteroatoms. The van der Waals surface area contributed by atoms with Crippen LogP contribution < -0.4 is 10.6 Å². The van der Waals surface area contributed by atoms with Crippen LogP contribution in [0, 0.1) is 5.92 Å². The van der Waals surface area contributed by atoms with Crippen LogP contribution in [0.5, 0.6) is 0 Å². The van der Waals surface area contributed by atoms with Crippen molar-refractivity contribution in [1.82, 2.24) is 15.5 Å². The predicted octanol–water partition coefficient (Wildman–Crippen LogP) is 1.90. The second-order valence-electron chi connectivity index (χ2n) is 7.14. The van der Waals surface area contributed by atoms with Crippen LogP contribution in [0.2, 0.25) is 0 Å². The van der Waals surface area contributed by atoms with Crippen molar-refractivity contribution in [3.05, 3.63) is 35.2 Å². The van der Waals surface area contributed by atoms with Crippen LogP contribution in [-0.4, -0.2) is 71.2 Å². The predicted molar refractivity (Wildman–Crippen MR) is 113 cm³/mol. The minimum atomic E-state index is -0.877. The zero-order valence-corrected chi connectivity index (χ0v) is 17.6. The molecule has 0 saturated carbocycles. The van der Waals surface area contributed by atoms with E-state index in [1.807, 2.05) is 6.08 Å². The number of hydrogen-bond donors (Lipinski definition) is 3. The Kier molecular flexibility index (Phi) is 8.46. The third kappa shape index (κ3) is 7.69. The summed E-state index contributed by atoms with van der Waals surface area (Å²) in [6.07, 6.45) is 5.70. The fraction of sp³-hybridized carbons (Fsp3) is 0.579. The summed E-state index contributed by atoms with van der Waals surface area (Å²) in [5.41, 5.74) is 0.669. The Hall–Kier alpha value is -1.49. The molecule has 0 aromatic heterocycles. The van der Waals surface area contributed by atoms with E-state index in [0.717, 1.165) is 19.6 Å². The van der Waals surface area contributed by atoms with Gasteiger partial charge in [-0.15, -0.1) is 11.8 Å². The Morgan fingerprint density at radius 3 is 3.10 bits per heavy atom. The van der Waals surface area contributed by atoms with Crippen molar-refractivity contribution in [2.24, 2.45) is 5.92 Å². The summed E-state index contributed by atoms with van der Waals surface area (Å²) in [6, 6.07) is 0. The molecule has 1 aliphatic carbocycles. The second kappa shape index (κ2) is 11.1. The first kappa shape index (κ1) is 22.2. The molecular weight excluding hydrogens is 417 g/mol. The van der Waals surface area contributed by atoms with Gasteiger partial charge in [0.25, 0.3) is 0 Å². The number of rotatable bonds is 9. The summed E-state index contributed by atoms with van der Waals surface area (Å²) in [4.78, 5) is 25.1. The summed E-state index contributed by atoms with van der Waals surface area (Å²) in [5, 5.41) is 16.6. The molecule has 0 aromatic carbocycles. The van der Waals surface area contributed by atoms with Gasteiger partial charge in [-0.1, -0.05) is 17.8 Å². The van der Waals surface area contributed by atoms with E-state index < -0.39 is 5.97 Å². The standard InChI is InChI=1S/C19H26FN3O4S2/c20-14-3-1-13(2-4-14)9-23-5-6-27-16(10-23)8-21-17(24)12-29-19-22-15(11-28-19)7-18(25)26/h1,3-4,11,13,16,19,22H,2,5-10,12H2,(H,21,24)(H,25,26)/t13?,16-,19?/m0/s1. The second-order valence-corrected chi connectivity index (χ2v) is 9.51. The summed E-state index contributed by atoms with van der Waals surface area (Å²) in [7, 11) is 0. The first-order valence-corrected chi connectivity index (χ1v) is 11.6. The van der Waals surface area contributed by atoms with Crippen molar-refractivity contribution in [3.63, 3.8) is 0 Å². The van der Waals surface area contributed by atoms with Crippen LogP contribution in [0.1, 0.15) is 12.8 Å². The van der Waals surface area contributed by atoms with Gasteiger partial charge in [0.1, 0.15) is 10.5 Å². The van der Waals surface area contributed by atoms with E-state index in [0.29, 0.717) is 36.9 Å². The van der Waals surface area contributed by atoms with Gasteiger partial charge in [0.2, 0.25) is 5.91 Å². The van der Waals surface area contributed by atoms with Crippen LogP contribution in [-0.2, 0) is 14.3 Å². The summed E-state index contributed by atoms with van der Waals surface area (Å²) in [6.45, 7) is 3.52. The molecule has 2 unspecified atom stereocenters. The zero-order chi connectivity index (χ0) is 20.6. The lowest BCUT2D eigenvalue weighted by Gasteiger charge is -2.34. The lowest BCUT2D eigenvalue weighted by atomic mass is 9.99. The lowest BCUT2D eigenvalue weighted by Crippen LogP contribution is -2.48. The highest BCUT2D eigenvalue weighted by molar-refractivity contribution is 8.18. The number of nitrogens with zero attached hydrogens (tertiary/aromatic N) is 1. The number of amides is 1. The maximum Gasteiger partial charge on any atom is 0.309 e. The molecule has 7 nitrogen and oxygen atoms in total. The zero-order valence-electron chi connectivity index (χ0n) is 16.0. The van der Waals surface area contributed by atoms with E-state index in [9.17, 15) is 14.0 Å². The van der Waals surface area contributed by atoms with Gasteiger partial charge in [-0.25, -0.2) is 4.39 Å². The highest BCUT2D eigenvalue weighted by atomic mass is 32.2. The first-order valence-electron chi connectivity index (χ1n) is 9.57. The SMILES string of the molecule is O=C(O)CC1=CSC(SCC(=O)NC[C@H]2CN(CC3C=CC(F)=CC3)CCO2)N1. The van der Waals surface area contributed by atoms with Gasteiger partial charge in [0.05, 0.1) is 24.9 Å². The molecule has 3 rings (SSSR count). The molecule has 3 aliphatic rings. The fourth-order valence-corrected chi connectivity index (χ4v) is 5.29. The maximum atomic E-state index is 13.1. The minimum Gasteiger partial charge on any atom is -0.481 e. The largest absolute Gasteiger partial charge is 0.481 e. The maximum absolute atomic E-state index is 13.1. The van der Waals surface area contributed by atoms with E-state index in [1.54, 1.807) is 11.5 Å².